The average Bonchev–Trinajstić information content (AvgIpc) is 1.68. The van der Waals surface area contributed by atoms with Gasteiger partial charge in [-0.3, -0.25) is 0 Å². The number of hydrogen-bond donors (Lipinski definition) is 0. The van der Waals surface area contributed by atoms with E-state index < -0.39 is 0 Å². The molecule has 0 aromatic rings. The van der Waals surface area contributed by atoms with Gasteiger partial charge in [-0.15, -0.1) is 0 Å². The Bertz CT molecular complexity index is 66.5. The molecule has 0 aliphatic carbocycles. The Morgan fingerprint density at radius 1 is 1.57 bits per heavy atom. The van der Waals surface area contributed by atoms with Crippen LogP contribution in [0.2, 0.25) is 10.5 Å². The molecule has 0 aliphatic heterocycles. The van der Waals surface area contributed by atoms with Crippen molar-refractivity contribution in [2.75, 3.05) is 0 Å². The van der Waals surface area contributed by atoms with Crippen LogP contribution in [0, 0.1) is 0 Å². The van der Waals surface area contributed by atoms with E-state index in [1.165, 1.54) is 16.1 Å². The van der Waals surface area contributed by atoms with Gasteiger partial charge in [0.1, 0.15) is 0 Å². The van der Waals surface area contributed by atoms with Crippen LogP contribution < -0.4 is 0 Å². The molecule has 0 saturated carbocycles. The van der Waals surface area contributed by atoms with E-state index in [9.17, 15) is 0 Å². The van der Waals surface area contributed by atoms with E-state index in [1.54, 1.807) is 0 Å². The van der Waals surface area contributed by atoms with Crippen molar-refractivity contribution in [3.05, 3.63) is 11.6 Å². The molecule has 0 spiro atoms. The van der Waals surface area contributed by atoms with E-state index in [4.69, 9.17) is 0 Å². The molecule has 7 heavy (non-hydrogen) atoms. The summed E-state index contributed by atoms with van der Waals surface area (Å²) in [4.78, 5) is 0. The summed E-state index contributed by atoms with van der Waals surface area (Å²) in [6.07, 6.45) is 2.26. The first-order valence-electron chi connectivity index (χ1n) is 2.26. The second kappa shape index (κ2) is 4.97. The van der Waals surface area contributed by atoms with Crippen LogP contribution in [0.15, 0.2) is 11.6 Å². The second-order valence-electron chi connectivity index (χ2n) is 1.43. The summed E-state index contributed by atoms with van der Waals surface area (Å²) in [5.74, 6) is 0. The first-order valence-corrected chi connectivity index (χ1v) is 5.22. The molecule has 0 aliphatic rings. The summed E-state index contributed by atoms with van der Waals surface area (Å²) in [5.41, 5.74) is 1.50. The molecule has 0 rings (SSSR count). The van der Waals surface area contributed by atoms with E-state index >= 15 is 0 Å². The third-order valence-electron chi connectivity index (χ3n) is 0.729. The van der Waals surface area contributed by atoms with E-state index in [2.05, 4.69) is 46.0 Å². The molecule has 0 aromatic heterocycles. The van der Waals surface area contributed by atoms with Gasteiger partial charge < -0.3 is 0 Å². The molecule has 0 fully saturated rings. The van der Waals surface area contributed by atoms with Crippen LogP contribution in [-0.4, -0.2) is 33.0 Å². The third kappa shape index (κ3) is 4.68. The minimum atomic E-state index is 1.18. The fraction of sp³-hybridized carbons (Fsp3) is 0.600. The van der Waals surface area contributed by atoms with Crippen LogP contribution in [0.4, 0.5) is 0 Å². The first kappa shape index (κ1) is 7.83. The fourth-order valence-electron chi connectivity index (χ4n) is 0.246. The number of rotatable bonds is 2. The molecule has 0 aromatic carbocycles. The zero-order valence-corrected chi connectivity index (χ0v) is 8.69. The molecule has 6 radical (unpaired) electrons. The van der Waals surface area contributed by atoms with Gasteiger partial charge in [0.05, 0.1) is 0 Å². The zero-order chi connectivity index (χ0) is 5.70. The maximum atomic E-state index is 2.26. The van der Waals surface area contributed by atoms with Crippen molar-refractivity contribution in [1.82, 2.24) is 0 Å². The van der Waals surface area contributed by atoms with Gasteiger partial charge in [0.2, 0.25) is 0 Å². The van der Waals surface area contributed by atoms with Crippen LogP contribution >= 0.6 is 0 Å². The monoisotopic (exact) mass is 216 g/mol. The molecule has 0 N–H and O–H groups in total. The van der Waals surface area contributed by atoms with Gasteiger partial charge in [0.15, 0.2) is 0 Å². The van der Waals surface area contributed by atoms with Crippen LogP contribution in [0.3, 0.4) is 0 Å². The van der Waals surface area contributed by atoms with Gasteiger partial charge in [-0.2, -0.15) is 0 Å². The van der Waals surface area contributed by atoms with Crippen molar-refractivity contribution < 1.29 is 0 Å². The molecular formula is C5H8Ge2. The van der Waals surface area contributed by atoms with Gasteiger partial charge in [0, 0.05) is 0 Å². The summed E-state index contributed by atoms with van der Waals surface area (Å²) < 4.78 is 0. The minimum absolute atomic E-state index is 1.18. The Kier molecular flexibility index (Phi) is 5.56. The molecule has 0 atom stereocenters. The summed E-state index contributed by atoms with van der Waals surface area (Å²) >= 11 is 4.35. The van der Waals surface area contributed by atoms with E-state index in [0.717, 1.165) is 0 Å². The molecule has 0 saturated heterocycles. The van der Waals surface area contributed by atoms with E-state index in [-0.39, 0.29) is 0 Å². The maximum absolute atomic E-state index is 2.26. The Morgan fingerprint density at radius 3 is 2.29 bits per heavy atom. The predicted octanol–water partition coefficient (Wildman–Crippen LogP) is 1.11. The van der Waals surface area contributed by atoms with Crippen molar-refractivity contribution in [3.63, 3.8) is 0 Å². The third-order valence-corrected chi connectivity index (χ3v) is 2.33. The van der Waals surface area contributed by atoms with E-state index in [1.807, 2.05) is 0 Å². The van der Waals surface area contributed by atoms with Crippen LogP contribution in [0.1, 0.15) is 6.92 Å². The SMILES string of the molecule is C/C(=C/[CH2][Ge])[CH2][Ge]. The summed E-state index contributed by atoms with van der Waals surface area (Å²) in [6.45, 7) is 2.17. The molecule has 0 unspecified atom stereocenters. The zero-order valence-electron chi connectivity index (χ0n) is 4.49. The molecule has 36 valence electrons. The Balaban J connectivity index is 3.29. The molecule has 2 heteroatoms. The number of hydrogen-bond acceptors (Lipinski definition) is 0. The molecule has 0 nitrogen and oxygen atoms in total. The van der Waals surface area contributed by atoms with Crippen molar-refractivity contribution in [2.24, 2.45) is 0 Å². The molecule has 0 amide bonds. The van der Waals surface area contributed by atoms with Crippen molar-refractivity contribution in [3.8, 4) is 0 Å². The van der Waals surface area contributed by atoms with E-state index in [0.29, 0.717) is 0 Å². The summed E-state index contributed by atoms with van der Waals surface area (Å²) in [7, 11) is 0. The Hall–Kier alpha value is 0.826. The van der Waals surface area contributed by atoms with Crippen molar-refractivity contribution >= 4 is 33.0 Å². The summed E-state index contributed by atoms with van der Waals surface area (Å²) in [6, 6.07) is 0. The van der Waals surface area contributed by atoms with Crippen molar-refractivity contribution in [1.29, 1.82) is 0 Å². The number of allylic oxidation sites excluding steroid dienone is 2. The fourth-order valence-corrected chi connectivity index (χ4v) is 1.28. The normalized spacial score (nSPS) is 12.1. The molecular weight excluding hydrogens is 205 g/mol. The van der Waals surface area contributed by atoms with Gasteiger partial charge in [-0.1, -0.05) is 0 Å². The Morgan fingerprint density at radius 2 is 2.14 bits per heavy atom. The predicted molar refractivity (Wildman–Crippen MR) is 34.9 cm³/mol. The van der Waals surface area contributed by atoms with Crippen LogP contribution in [0.5, 0.6) is 0 Å². The quantitative estimate of drug-likeness (QED) is 0.476. The molecule has 0 bridgehead atoms. The van der Waals surface area contributed by atoms with Crippen molar-refractivity contribution in [2.45, 2.75) is 17.4 Å². The standard InChI is InChI=1S/C5H8Ge2/c1-5(4-7)2-3-6/h2H,3-4H2,1H3/b5-2-. The summed E-state index contributed by atoms with van der Waals surface area (Å²) in [5, 5.41) is 2.38. The molecule has 0 heterocycles. The topological polar surface area (TPSA) is 0 Å². The van der Waals surface area contributed by atoms with Gasteiger partial charge in [-0.05, 0) is 0 Å². The van der Waals surface area contributed by atoms with Gasteiger partial charge >= 0.3 is 62.1 Å². The Labute approximate surface area is 62.2 Å². The average molecular weight is 213 g/mol. The van der Waals surface area contributed by atoms with Gasteiger partial charge in [0.25, 0.3) is 0 Å². The van der Waals surface area contributed by atoms with Gasteiger partial charge in [-0.25, -0.2) is 0 Å². The first-order chi connectivity index (χ1) is 3.31. The van der Waals surface area contributed by atoms with Crippen LogP contribution in [-0.2, 0) is 0 Å². The second-order valence-corrected chi connectivity index (χ2v) is 3.03. The van der Waals surface area contributed by atoms with Crippen LogP contribution in [0.25, 0.3) is 0 Å².